The molecule has 0 spiro atoms. The van der Waals surface area contributed by atoms with Crippen LogP contribution in [-0.2, 0) is 25.3 Å². The topological polar surface area (TPSA) is 12.0 Å². The van der Waals surface area contributed by atoms with Gasteiger partial charge in [0.1, 0.15) is 0 Å². The van der Waals surface area contributed by atoms with Crippen LogP contribution in [0.3, 0.4) is 0 Å². The van der Waals surface area contributed by atoms with Crippen LogP contribution in [0, 0.1) is 3.57 Å². The molecule has 2 rings (SSSR count). The molecule has 1 N–H and O–H groups in total. The molecule has 0 radical (unpaired) electrons. The first kappa shape index (κ1) is 20.0. The monoisotopic (exact) mass is 473 g/mol. The van der Waals surface area contributed by atoms with E-state index in [4.69, 9.17) is 0 Å². The maximum absolute atomic E-state index is 13.0. The van der Waals surface area contributed by atoms with Gasteiger partial charge >= 0.3 is 12.4 Å². The summed E-state index contributed by atoms with van der Waals surface area (Å²) >= 11 is 2.17. The second kappa shape index (κ2) is 7.94. The molecule has 0 aliphatic carbocycles. The van der Waals surface area contributed by atoms with Crippen molar-refractivity contribution in [1.82, 2.24) is 5.32 Å². The highest BCUT2D eigenvalue weighted by Crippen LogP contribution is 2.37. The molecule has 0 fully saturated rings. The minimum atomic E-state index is -4.84. The Hall–Kier alpha value is -1.29. The standard InChI is InChI=1S/C17H14F6IN/c18-16(19,20)13-4-3-12(15(9-13)17(21,22)23)10-25-8-7-11-1-5-14(24)6-2-11/h1-6,9,25H,7-8,10H2. The van der Waals surface area contributed by atoms with Gasteiger partial charge in [-0.2, -0.15) is 26.3 Å². The molecule has 0 saturated carbocycles. The molecule has 25 heavy (non-hydrogen) atoms. The molecule has 2 aromatic rings. The molecule has 0 aliphatic heterocycles. The summed E-state index contributed by atoms with van der Waals surface area (Å²) in [5.41, 5.74) is -1.74. The van der Waals surface area contributed by atoms with Gasteiger partial charge in [0.05, 0.1) is 11.1 Å². The lowest BCUT2D eigenvalue weighted by Gasteiger charge is -2.16. The zero-order valence-electron chi connectivity index (χ0n) is 12.8. The summed E-state index contributed by atoms with van der Waals surface area (Å²) in [5.74, 6) is 0. The van der Waals surface area contributed by atoms with Crippen molar-refractivity contribution in [3.05, 3.63) is 68.3 Å². The fourth-order valence-electron chi connectivity index (χ4n) is 2.28. The van der Waals surface area contributed by atoms with Crippen LogP contribution in [0.25, 0.3) is 0 Å². The van der Waals surface area contributed by atoms with Crippen LogP contribution in [0.5, 0.6) is 0 Å². The highest BCUT2D eigenvalue weighted by molar-refractivity contribution is 14.1. The van der Waals surface area contributed by atoms with Crippen molar-refractivity contribution in [2.24, 2.45) is 0 Å². The average Bonchev–Trinajstić information content (AvgIpc) is 2.51. The van der Waals surface area contributed by atoms with E-state index >= 15 is 0 Å². The summed E-state index contributed by atoms with van der Waals surface area (Å²) in [6.45, 7) is 0.260. The van der Waals surface area contributed by atoms with Crippen molar-refractivity contribution >= 4 is 22.6 Å². The summed E-state index contributed by atoms with van der Waals surface area (Å²) in [6.07, 6.45) is -9.04. The van der Waals surface area contributed by atoms with Crippen molar-refractivity contribution in [2.45, 2.75) is 25.3 Å². The van der Waals surface area contributed by atoms with E-state index in [9.17, 15) is 26.3 Å². The maximum atomic E-state index is 13.0. The molecule has 0 bridgehead atoms. The van der Waals surface area contributed by atoms with Gasteiger partial charge in [-0.1, -0.05) is 18.2 Å². The Morgan fingerprint density at radius 2 is 1.48 bits per heavy atom. The minimum absolute atomic E-state index is 0.155. The van der Waals surface area contributed by atoms with Gasteiger partial charge < -0.3 is 5.32 Å². The van der Waals surface area contributed by atoms with E-state index < -0.39 is 23.5 Å². The Morgan fingerprint density at radius 3 is 2.04 bits per heavy atom. The molecular weight excluding hydrogens is 459 g/mol. The zero-order valence-corrected chi connectivity index (χ0v) is 15.0. The molecule has 0 aromatic heterocycles. The smallest absolute Gasteiger partial charge is 0.312 e. The van der Waals surface area contributed by atoms with Crippen molar-refractivity contribution in [2.75, 3.05) is 6.54 Å². The molecule has 0 atom stereocenters. The first-order valence-electron chi connectivity index (χ1n) is 7.30. The summed E-state index contributed by atoms with van der Waals surface area (Å²) in [5, 5.41) is 2.85. The van der Waals surface area contributed by atoms with Gasteiger partial charge in [-0.3, -0.25) is 0 Å². The van der Waals surface area contributed by atoms with E-state index in [1.807, 2.05) is 24.3 Å². The molecule has 0 amide bonds. The molecule has 2 aromatic carbocycles. The molecule has 0 unspecified atom stereocenters. The minimum Gasteiger partial charge on any atom is -0.312 e. The number of benzene rings is 2. The molecule has 0 aliphatic rings. The summed E-state index contributed by atoms with van der Waals surface area (Å²) < 4.78 is 78.1. The van der Waals surface area contributed by atoms with E-state index in [0.29, 0.717) is 19.0 Å². The fraction of sp³-hybridized carbons (Fsp3) is 0.294. The lowest BCUT2D eigenvalue weighted by molar-refractivity contribution is -0.143. The Morgan fingerprint density at radius 1 is 0.840 bits per heavy atom. The first-order chi connectivity index (χ1) is 11.6. The van der Waals surface area contributed by atoms with Gasteiger partial charge in [0.25, 0.3) is 0 Å². The van der Waals surface area contributed by atoms with Gasteiger partial charge in [0, 0.05) is 10.1 Å². The third-order valence-electron chi connectivity index (χ3n) is 3.56. The van der Waals surface area contributed by atoms with E-state index in [1.54, 1.807) is 0 Å². The third-order valence-corrected chi connectivity index (χ3v) is 4.28. The van der Waals surface area contributed by atoms with Crippen molar-refractivity contribution in [1.29, 1.82) is 0 Å². The number of alkyl halides is 6. The van der Waals surface area contributed by atoms with Gasteiger partial charge in [-0.15, -0.1) is 0 Å². The Bertz CT molecular complexity index is 707. The molecular formula is C17H14F6IN. The predicted octanol–water partition coefficient (Wildman–Crippen LogP) is 5.66. The Balaban J connectivity index is 2.04. The highest BCUT2D eigenvalue weighted by atomic mass is 127. The summed E-state index contributed by atoms with van der Waals surface area (Å²) in [4.78, 5) is 0. The molecule has 0 heterocycles. The largest absolute Gasteiger partial charge is 0.416 e. The van der Waals surface area contributed by atoms with E-state index in [0.717, 1.165) is 15.2 Å². The van der Waals surface area contributed by atoms with Gasteiger partial charge in [0.2, 0.25) is 0 Å². The quantitative estimate of drug-likeness (QED) is 0.336. The molecule has 0 saturated heterocycles. The van der Waals surface area contributed by atoms with Crippen molar-refractivity contribution < 1.29 is 26.3 Å². The van der Waals surface area contributed by atoms with Crippen LogP contribution in [0.15, 0.2) is 42.5 Å². The zero-order chi connectivity index (χ0) is 18.7. The fourth-order valence-corrected chi connectivity index (χ4v) is 2.64. The van der Waals surface area contributed by atoms with Crippen molar-refractivity contribution in [3.8, 4) is 0 Å². The van der Waals surface area contributed by atoms with Gasteiger partial charge in [0.15, 0.2) is 0 Å². The second-order valence-corrected chi connectivity index (χ2v) is 6.67. The summed E-state index contributed by atoms with van der Waals surface area (Å²) in [7, 11) is 0. The van der Waals surface area contributed by atoms with Crippen molar-refractivity contribution in [3.63, 3.8) is 0 Å². The van der Waals surface area contributed by atoms with Crippen LogP contribution >= 0.6 is 22.6 Å². The Kier molecular flexibility index (Phi) is 6.36. The average molecular weight is 473 g/mol. The lowest BCUT2D eigenvalue weighted by Crippen LogP contribution is -2.20. The number of hydrogen-bond donors (Lipinski definition) is 1. The second-order valence-electron chi connectivity index (χ2n) is 5.42. The van der Waals surface area contributed by atoms with Gasteiger partial charge in [-0.05, 0) is 70.9 Å². The number of halogens is 7. The van der Waals surface area contributed by atoms with E-state index in [2.05, 4.69) is 27.9 Å². The maximum Gasteiger partial charge on any atom is 0.416 e. The predicted molar refractivity (Wildman–Crippen MR) is 91.0 cm³/mol. The van der Waals surface area contributed by atoms with E-state index in [-0.39, 0.29) is 18.2 Å². The first-order valence-corrected chi connectivity index (χ1v) is 8.38. The van der Waals surface area contributed by atoms with Crippen LogP contribution < -0.4 is 5.32 Å². The number of nitrogens with one attached hydrogen (secondary N) is 1. The highest BCUT2D eigenvalue weighted by Gasteiger charge is 2.37. The van der Waals surface area contributed by atoms with Crippen LogP contribution in [0.2, 0.25) is 0 Å². The Labute approximate surface area is 154 Å². The SMILES string of the molecule is FC(F)(F)c1ccc(CNCCc2ccc(I)cc2)c(C(F)(F)F)c1. The number of hydrogen-bond acceptors (Lipinski definition) is 1. The van der Waals surface area contributed by atoms with Crippen LogP contribution in [-0.4, -0.2) is 6.54 Å². The van der Waals surface area contributed by atoms with Gasteiger partial charge in [-0.25, -0.2) is 0 Å². The third kappa shape index (κ3) is 5.88. The normalized spacial score (nSPS) is 12.4. The molecule has 8 heteroatoms. The summed E-state index contributed by atoms with van der Waals surface area (Å²) in [6, 6.07) is 9.40. The van der Waals surface area contributed by atoms with E-state index in [1.165, 1.54) is 0 Å². The number of rotatable bonds is 5. The lowest BCUT2D eigenvalue weighted by atomic mass is 10.0. The van der Waals surface area contributed by atoms with Crippen LogP contribution in [0.4, 0.5) is 26.3 Å². The molecule has 136 valence electrons. The van der Waals surface area contributed by atoms with Crippen LogP contribution in [0.1, 0.15) is 22.3 Å². The molecule has 1 nitrogen and oxygen atoms in total.